The minimum absolute atomic E-state index is 0.0786. The van der Waals surface area contributed by atoms with E-state index < -0.39 is 0 Å². The molecule has 2 aromatic rings. The summed E-state index contributed by atoms with van der Waals surface area (Å²) in [5, 5.41) is 0.920. The fraction of sp³-hybridized carbons (Fsp3) is 0.375. The zero-order valence-electron chi connectivity index (χ0n) is 11.5. The number of alkyl halides is 1. The summed E-state index contributed by atoms with van der Waals surface area (Å²) in [4.78, 5) is 19.2. The minimum atomic E-state index is 0.0786. The lowest BCUT2D eigenvalue weighted by Crippen LogP contribution is -2.35. The number of aromatic nitrogens is 1. The molecular weight excluding hydrogens is 272 g/mol. The molecule has 0 saturated heterocycles. The zero-order valence-corrected chi connectivity index (χ0v) is 12.2. The molecule has 1 aromatic heterocycles. The fourth-order valence-corrected chi connectivity index (χ4v) is 2.75. The van der Waals surface area contributed by atoms with Crippen molar-refractivity contribution in [2.75, 3.05) is 12.4 Å². The van der Waals surface area contributed by atoms with Crippen molar-refractivity contribution in [3.05, 3.63) is 41.6 Å². The first-order valence-corrected chi connectivity index (χ1v) is 7.47. The molecule has 0 unspecified atom stereocenters. The van der Waals surface area contributed by atoms with Gasteiger partial charge < -0.3 is 4.90 Å². The Morgan fingerprint density at radius 1 is 1.40 bits per heavy atom. The molecular formula is C16H17ClN2O. The van der Waals surface area contributed by atoms with E-state index in [4.69, 9.17) is 11.6 Å². The Hall–Kier alpha value is -1.61. The molecule has 4 heteroatoms. The molecule has 1 aliphatic rings. The maximum Gasteiger partial charge on any atom is 0.254 e. The van der Waals surface area contributed by atoms with Gasteiger partial charge in [0.2, 0.25) is 0 Å². The van der Waals surface area contributed by atoms with E-state index in [2.05, 4.69) is 4.98 Å². The smallest absolute Gasteiger partial charge is 0.254 e. The molecule has 1 amide bonds. The largest absolute Gasteiger partial charge is 0.334 e. The van der Waals surface area contributed by atoms with Gasteiger partial charge in [-0.3, -0.25) is 9.78 Å². The second kappa shape index (κ2) is 5.41. The number of nitrogens with zero attached hydrogens (tertiary/aromatic N) is 2. The van der Waals surface area contributed by atoms with Crippen LogP contribution in [0.15, 0.2) is 30.3 Å². The van der Waals surface area contributed by atoms with E-state index >= 15 is 0 Å². The van der Waals surface area contributed by atoms with Crippen molar-refractivity contribution in [1.82, 2.24) is 9.88 Å². The van der Waals surface area contributed by atoms with Crippen LogP contribution < -0.4 is 0 Å². The van der Waals surface area contributed by atoms with Gasteiger partial charge in [0.15, 0.2) is 0 Å². The molecule has 1 saturated carbocycles. The van der Waals surface area contributed by atoms with Crippen LogP contribution in [0.3, 0.4) is 0 Å². The summed E-state index contributed by atoms with van der Waals surface area (Å²) in [6.45, 7) is 2.53. The van der Waals surface area contributed by atoms with Crippen LogP contribution in [0.4, 0.5) is 0 Å². The summed E-state index contributed by atoms with van der Waals surface area (Å²) in [5.74, 6) is 0.555. The second-order valence-electron chi connectivity index (χ2n) is 5.25. The average Bonchev–Trinajstić information content (AvgIpc) is 3.27. The fourth-order valence-electron chi connectivity index (χ4n) is 2.57. The van der Waals surface area contributed by atoms with Crippen molar-refractivity contribution < 1.29 is 4.79 Å². The lowest BCUT2D eigenvalue weighted by Gasteiger charge is -2.22. The van der Waals surface area contributed by atoms with Crippen molar-refractivity contribution in [3.8, 4) is 0 Å². The van der Waals surface area contributed by atoms with E-state index in [1.807, 2.05) is 42.2 Å². The number of aryl methyl sites for hydroxylation is 1. The standard InChI is InChI=1S/C16H17ClN2O/c1-11-10-14(13-4-2-3-5-15(13)18-11)16(20)19(9-8-17)12-6-7-12/h2-5,10,12H,6-9H2,1H3. The first-order chi connectivity index (χ1) is 9.70. The molecule has 0 bridgehead atoms. The zero-order chi connectivity index (χ0) is 14.1. The third-order valence-electron chi connectivity index (χ3n) is 3.65. The highest BCUT2D eigenvalue weighted by atomic mass is 35.5. The Morgan fingerprint density at radius 2 is 2.15 bits per heavy atom. The second-order valence-corrected chi connectivity index (χ2v) is 5.63. The van der Waals surface area contributed by atoms with Crippen LogP contribution >= 0.6 is 11.6 Å². The number of pyridine rings is 1. The molecule has 0 spiro atoms. The SMILES string of the molecule is Cc1cc(C(=O)N(CCCl)C2CC2)c2ccccc2n1. The van der Waals surface area contributed by atoms with Crippen LogP contribution in [0.1, 0.15) is 28.9 Å². The number of hydrogen-bond acceptors (Lipinski definition) is 2. The number of halogens is 1. The highest BCUT2D eigenvalue weighted by Gasteiger charge is 2.33. The number of carbonyl (C=O) groups is 1. The van der Waals surface area contributed by atoms with Crippen molar-refractivity contribution in [2.45, 2.75) is 25.8 Å². The van der Waals surface area contributed by atoms with Gasteiger partial charge in [0.25, 0.3) is 5.91 Å². The molecule has 0 aliphatic heterocycles. The van der Waals surface area contributed by atoms with Crippen LogP contribution in [0.25, 0.3) is 10.9 Å². The van der Waals surface area contributed by atoms with Crippen molar-refractivity contribution >= 4 is 28.4 Å². The monoisotopic (exact) mass is 288 g/mol. The summed E-state index contributed by atoms with van der Waals surface area (Å²) >= 11 is 5.84. The highest BCUT2D eigenvalue weighted by Crippen LogP contribution is 2.29. The Morgan fingerprint density at radius 3 is 2.85 bits per heavy atom. The van der Waals surface area contributed by atoms with Crippen molar-refractivity contribution in [2.24, 2.45) is 0 Å². The third-order valence-corrected chi connectivity index (χ3v) is 3.82. The Bertz CT molecular complexity index is 652. The molecule has 1 aliphatic carbocycles. The number of rotatable bonds is 4. The highest BCUT2D eigenvalue weighted by molar-refractivity contribution is 6.18. The Kier molecular flexibility index (Phi) is 3.62. The van der Waals surface area contributed by atoms with Crippen molar-refractivity contribution in [3.63, 3.8) is 0 Å². The predicted molar refractivity (Wildman–Crippen MR) is 81.3 cm³/mol. The summed E-state index contributed by atoms with van der Waals surface area (Å²) in [6.07, 6.45) is 2.18. The summed E-state index contributed by atoms with van der Waals surface area (Å²) in [5.41, 5.74) is 2.48. The van der Waals surface area contributed by atoms with Gasteiger partial charge in [-0.2, -0.15) is 0 Å². The van der Waals surface area contributed by atoms with Crippen molar-refractivity contribution in [1.29, 1.82) is 0 Å². The lowest BCUT2D eigenvalue weighted by molar-refractivity contribution is 0.0755. The first-order valence-electron chi connectivity index (χ1n) is 6.94. The molecule has 1 aromatic carbocycles. The molecule has 1 heterocycles. The molecule has 0 radical (unpaired) electrons. The van der Waals surface area contributed by atoms with E-state index in [9.17, 15) is 4.79 Å². The van der Waals surface area contributed by atoms with Gasteiger partial charge in [0, 0.05) is 29.5 Å². The van der Waals surface area contributed by atoms with Gasteiger partial charge in [-0.1, -0.05) is 18.2 Å². The Balaban J connectivity index is 2.06. The van der Waals surface area contributed by atoms with Crippen LogP contribution in [0, 0.1) is 6.92 Å². The molecule has 1 fully saturated rings. The molecule has 20 heavy (non-hydrogen) atoms. The number of amides is 1. The topological polar surface area (TPSA) is 33.2 Å². The Labute approximate surface area is 123 Å². The van der Waals surface area contributed by atoms with Gasteiger partial charge in [-0.05, 0) is 31.9 Å². The number of fused-ring (bicyclic) bond motifs is 1. The number of hydrogen-bond donors (Lipinski definition) is 0. The van der Waals surface area contributed by atoms with Gasteiger partial charge in [0.05, 0.1) is 11.1 Å². The predicted octanol–water partition coefficient (Wildman–Crippen LogP) is 3.39. The normalized spacial score (nSPS) is 14.5. The van der Waals surface area contributed by atoms with E-state index in [0.29, 0.717) is 18.5 Å². The molecule has 3 rings (SSSR count). The van der Waals surface area contributed by atoms with Crippen LogP contribution in [-0.4, -0.2) is 34.3 Å². The molecule has 0 N–H and O–H groups in total. The maximum absolute atomic E-state index is 12.8. The van der Waals surface area contributed by atoms with E-state index in [1.54, 1.807) is 0 Å². The van der Waals surface area contributed by atoms with Gasteiger partial charge >= 0.3 is 0 Å². The van der Waals surface area contributed by atoms with E-state index in [1.165, 1.54) is 0 Å². The molecule has 0 atom stereocenters. The number of para-hydroxylation sites is 1. The summed E-state index contributed by atoms with van der Waals surface area (Å²) in [7, 11) is 0. The van der Waals surface area contributed by atoms with Gasteiger partial charge in [-0.25, -0.2) is 0 Å². The first kappa shape index (κ1) is 13.4. The van der Waals surface area contributed by atoms with Crippen LogP contribution in [0.2, 0.25) is 0 Å². The third kappa shape index (κ3) is 2.50. The summed E-state index contributed by atoms with van der Waals surface area (Å²) in [6, 6.07) is 10.0. The molecule has 104 valence electrons. The minimum Gasteiger partial charge on any atom is -0.334 e. The van der Waals surface area contributed by atoms with E-state index in [0.717, 1.165) is 35.0 Å². The molecule has 3 nitrogen and oxygen atoms in total. The van der Waals surface area contributed by atoms with Crippen LogP contribution in [0.5, 0.6) is 0 Å². The maximum atomic E-state index is 12.8. The van der Waals surface area contributed by atoms with E-state index in [-0.39, 0.29) is 5.91 Å². The number of benzene rings is 1. The quantitative estimate of drug-likeness (QED) is 0.808. The summed E-state index contributed by atoms with van der Waals surface area (Å²) < 4.78 is 0. The van der Waals surface area contributed by atoms with Gasteiger partial charge in [-0.15, -0.1) is 11.6 Å². The number of carbonyl (C=O) groups excluding carboxylic acids is 1. The lowest BCUT2D eigenvalue weighted by atomic mass is 10.1. The average molecular weight is 289 g/mol. The van der Waals surface area contributed by atoms with Gasteiger partial charge in [0.1, 0.15) is 0 Å². The van der Waals surface area contributed by atoms with Crippen LogP contribution in [-0.2, 0) is 0 Å².